The highest BCUT2D eigenvalue weighted by Gasteiger charge is 2.61. The van der Waals surface area contributed by atoms with Crippen molar-refractivity contribution in [1.82, 2.24) is 5.43 Å². The molecular weight excluding hydrogens is 354 g/mol. The fourth-order valence-corrected chi connectivity index (χ4v) is 3.81. The number of hydrogen-bond acceptors (Lipinski definition) is 4. The Labute approximate surface area is 167 Å². The van der Waals surface area contributed by atoms with Crippen LogP contribution in [0, 0.1) is 17.3 Å². The van der Waals surface area contributed by atoms with Crippen molar-refractivity contribution in [2.75, 3.05) is 0 Å². The van der Waals surface area contributed by atoms with Gasteiger partial charge in [0.1, 0.15) is 6.10 Å². The minimum atomic E-state index is -0.726. The highest BCUT2D eigenvalue weighted by atomic mass is 16.5. The molecule has 2 rings (SSSR count). The first-order chi connectivity index (χ1) is 13.1. The molecule has 6 nitrogen and oxygen atoms in total. The Kier molecular flexibility index (Phi) is 6.65. The number of nitrogens with one attached hydrogen (secondary N) is 1. The maximum atomic E-state index is 12.8. The highest BCUT2D eigenvalue weighted by molar-refractivity contribution is 6.04. The second kappa shape index (κ2) is 8.59. The van der Waals surface area contributed by atoms with Crippen LogP contribution in [0.1, 0.15) is 47.5 Å². The van der Waals surface area contributed by atoms with Crippen LogP contribution in [0.3, 0.4) is 0 Å². The van der Waals surface area contributed by atoms with Crippen LogP contribution in [0.5, 0.6) is 0 Å². The van der Waals surface area contributed by atoms with Crippen molar-refractivity contribution in [1.29, 1.82) is 0 Å². The lowest BCUT2D eigenvalue weighted by Gasteiger charge is -2.14. The molecule has 0 bridgehead atoms. The Morgan fingerprint density at radius 3 is 2.64 bits per heavy atom. The molecule has 0 heterocycles. The maximum Gasteiger partial charge on any atom is 0.332 e. The molecule has 152 valence electrons. The largest absolute Gasteiger partial charge is 0.457 e. The van der Waals surface area contributed by atoms with Crippen LogP contribution in [0.2, 0.25) is 0 Å². The van der Waals surface area contributed by atoms with Gasteiger partial charge >= 0.3 is 12.0 Å². The summed E-state index contributed by atoms with van der Waals surface area (Å²) in [5.74, 6) is -0.110. The number of primary amides is 1. The van der Waals surface area contributed by atoms with E-state index in [1.54, 1.807) is 6.08 Å². The van der Waals surface area contributed by atoms with Crippen molar-refractivity contribution in [3.63, 3.8) is 0 Å². The van der Waals surface area contributed by atoms with Gasteiger partial charge in [0.15, 0.2) is 0 Å². The summed E-state index contributed by atoms with van der Waals surface area (Å²) in [4.78, 5) is 23.9. The topological polar surface area (TPSA) is 93.8 Å². The molecule has 0 aromatic rings. The average molecular weight is 386 g/mol. The number of amides is 2. The predicted octanol–water partition coefficient (Wildman–Crippen LogP) is 4.01. The summed E-state index contributed by atoms with van der Waals surface area (Å²) in [7, 11) is 0. The molecular formula is C22H31N3O3. The Hall–Kier alpha value is -2.63. The van der Waals surface area contributed by atoms with Gasteiger partial charge in [-0.2, -0.15) is 5.10 Å². The Morgan fingerprint density at radius 1 is 1.39 bits per heavy atom. The van der Waals surface area contributed by atoms with E-state index >= 15 is 0 Å². The molecule has 3 atom stereocenters. The normalized spacial score (nSPS) is 27.0. The molecule has 0 aromatic carbocycles. The van der Waals surface area contributed by atoms with Crippen molar-refractivity contribution in [2.24, 2.45) is 28.1 Å². The summed E-state index contributed by atoms with van der Waals surface area (Å²) in [5.41, 5.74) is 11.1. The van der Waals surface area contributed by atoms with Crippen molar-refractivity contribution >= 4 is 17.7 Å². The zero-order chi connectivity index (χ0) is 21.1. The molecule has 2 aliphatic carbocycles. The smallest absolute Gasteiger partial charge is 0.332 e. The fraction of sp³-hybridized carbons (Fsp3) is 0.500. The molecule has 1 saturated carbocycles. The van der Waals surface area contributed by atoms with Gasteiger partial charge in [-0.3, -0.25) is 4.79 Å². The fourth-order valence-electron chi connectivity index (χ4n) is 3.81. The van der Waals surface area contributed by atoms with Gasteiger partial charge in [0, 0.05) is 6.42 Å². The number of ether oxygens (including phenoxy) is 1. The first-order valence-corrected chi connectivity index (χ1v) is 9.54. The zero-order valence-corrected chi connectivity index (χ0v) is 17.4. The summed E-state index contributed by atoms with van der Waals surface area (Å²) in [6, 6.07) is -0.726. The zero-order valence-electron chi connectivity index (χ0n) is 17.4. The molecule has 0 spiro atoms. The van der Waals surface area contributed by atoms with E-state index in [0.29, 0.717) is 18.6 Å². The van der Waals surface area contributed by atoms with Gasteiger partial charge in [-0.25, -0.2) is 10.2 Å². The molecule has 1 fully saturated rings. The molecule has 28 heavy (non-hydrogen) atoms. The van der Waals surface area contributed by atoms with E-state index < -0.39 is 6.03 Å². The number of hydrazone groups is 1. The Bertz CT molecular complexity index is 783. The van der Waals surface area contributed by atoms with E-state index in [-0.39, 0.29) is 29.3 Å². The standard InChI is InChI=1S/C22H31N3O3/c1-7-8-9-10-15-14(4)18(12-17(15)24-25-21(23)27)28-20(26)19-16(11-13(2)3)22(19,5)6/h7-9,11,16,18-19H,1,10,12H2,2-6H3,(H3,23,25,27)/b9-8-,24-17+/t16-,18+,19+/m1/s1. The van der Waals surface area contributed by atoms with E-state index in [0.717, 1.165) is 11.1 Å². The third-order valence-corrected chi connectivity index (χ3v) is 5.52. The minimum absolute atomic E-state index is 0.0927. The highest BCUT2D eigenvalue weighted by Crippen LogP contribution is 2.60. The van der Waals surface area contributed by atoms with Gasteiger partial charge < -0.3 is 10.5 Å². The van der Waals surface area contributed by atoms with E-state index in [2.05, 4.69) is 37.0 Å². The molecule has 2 aliphatic rings. The number of hydrogen-bond donors (Lipinski definition) is 2. The first kappa shape index (κ1) is 21.7. The second-order valence-corrected chi connectivity index (χ2v) is 8.26. The predicted molar refractivity (Wildman–Crippen MR) is 111 cm³/mol. The number of rotatable bonds is 7. The van der Waals surface area contributed by atoms with Gasteiger partial charge in [-0.1, -0.05) is 50.3 Å². The minimum Gasteiger partial charge on any atom is -0.457 e. The van der Waals surface area contributed by atoms with Crippen LogP contribution >= 0.6 is 0 Å². The second-order valence-electron chi connectivity index (χ2n) is 8.26. The lowest BCUT2D eigenvalue weighted by molar-refractivity contribution is -0.149. The third-order valence-electron chi connectivity index (χ3n) is 5.52. The van der Waals surface area contributed by atoms with Crippen LogP contribution in [-0.2, 0) is 9.53 Å². The Morgan fingerprint density at radius 2 is 2.07 bits per heavy atom. The van der Waals surface area contributed by atoms with E-state index in [1.165, 1.54) is 5.57 Å². The summed E-state index contributed by atoms with van der Waals surface area (Å²) in [6.45, 7) is 13.9. The number of allylic oxidation sites excluding steroid dienone is 6. The van der Waals surface area contributed by atoms with Crippen molar-refractivity contribution in [2.45, 2.75) is 53.6 Å². The lowest BCUT2D eigenvalue weighted by atomic mass is 10.1. The summed E-state index contributed by atoms with van der Waals surface area (Å²) >= 11 is 0. The molecule has 0 unspecified atom stereocenters. The SMILES string of the molecule is C=C/C=C\CC1=C(C)[C@@H](OC(=O)[C@@H]2[C@@H](C=C(C)C)C2(C)C)C/C1=N\NC(N)=O. The van der Waals surface area contributed by atoms with Crippen LogP contribution in [-0.4, -0.2) is 23.8 Å². The quantitative estimate of drug-likeness (QED) is 0.300. The molecule has 6 heteroatoms. The number of carbonyl (C=O) groups excluding carboxylic acids is 2. The molecule has 0 saturated heterocycles. The Balaban J connectivity index is 2.16. The molecule has 0 aromatic heterocycles. The number of nitrogens with two attached hydrogens (primary N) is 1. The van der Waals surface area contributed by atoms with Gasteiger partial charge in [0.2, 0.25) is 0 Å². The van der Waals surface area contributed by atoms with Crippen molar-refractivity contribution in [3.05, 3.63) is 47.6 Å². The monoisotopic (exact) mass is 385 g/mol. The van der Waals surface area contributed by atoms with Gasteiger partial charge in [0.25, 0.3) is 0 Å². The van der Waals surface area contributed by atoms with Crippen molar-refractivity contribution < 1.29 is 14.3 Å². The molecule has 0 radical (unpaired) electrons. The lowest BCUT2D eigenvalue weighted by Crippen LogP contribution is -2.26. The summed E-state index contributed by atoms with van der Waals surface area (Å²) in [6.07, 6.45) is 8.30. The molecule has 2 amide bonds. The molecule has 3 N–H and O–H groups in total. The van der Waals surface area contributed by atoms with Gasteiger partial charge in [0.05, 0.1) is 11.6 Å². The number of esters is 1. The van der Waals surface area contributed by atoms with Crippen LogP contribution in [0.15, 0.2) is 52.7 Å². The van der Waals surface area contributed by atoms with Gasteiger partial charge in [-0.05, 0) is 49.7 Å². The maximum absolute atomic E-state index is 12.8. The number of urea groups is 1. The van der Waals surface area contributed by atoms with Crippen molar-refractivity contribution in [3.8, 4) is 0 Å². The van der Waals surface area contributed by atoms with Gasteiger partial charge in [-0.15, -0.1) is 0 Å². The number of nitrogens with zero attached hydrogens (tertiary/aromatic N) is 1. The summed E-state index contributed by atoms with van der Waals surface area (Å²) < 4.78 is 5.87. The van der Waals surface area contributed by atoms with Crippen LogP contribution in [0.25, 0.3) is 0 Å². The van der Waals surface area contributed by atoms with Crippen LogP contribution < -0.4 is 11.2 Å². The summed E-state index contributed by atoms with van der Waals surface area (Å²) in [5, 5.41) is 4.11. The first-order valence-electron chi connectivity index (χ1n) is 9.54. The average Bonchev–Trinajstić information content (AvgIpc) is 2.99. The van der Waals surface area contributed by atoms with E-state index in [1.807, 2.05) is 32.9 Å². The number of carbonyl (C=O) groups is 2. The van der Waals surface area contributed by atoms with E-state index in [4.69, 9.17) is 10.5 Å². The van der Waals surface area contributed by atoms with E-state index in [9.17, 15) is 9.59 Å². The van der Waals surface area contributed by atoms with Crippen LogP contribution in [0.4, 0.5) is 4.79 Å². The third kappa shape index (κ3) is 4.80. The molecule has 0 aliphatic heterocycles.